The van der Waals surface area contributed by atoms with E-state index in [1.54, 1.807) is 18.3 Å². The van der Waals surface area contributed by atoms with Crippen molar-refractivity contribution in [3.05, 3.63) is 70.4 Å². The molecule has 0 aliphatic carbocycles. The number of hydrogen-bond donors (Lipinski definition) is 2. The molecule has 0 aromatic heterocycles. The third kappa shape index (κ3) is 5.84. The van der Waals surface area contributed by atoms with E-state index in [0.717, 1.165) is 22.4 Å². The maximum absolute atomic E-state index is 12.1. The van der Waals surface area contributed by atoms with E-state index in [2.05, 4.69) is 10.6 Å². The van der Waals surface area contributed by atoms with Gasteiger partial charge < -0.3 is 15.4 Å². The van der Waals surface area contributed by atoms with Crippen LogP contribution in [0.3, 0.4) is 0 Å². The Morgan fingerprint density at radius 2 is 2.08 bits per heavy atom. The molecule has 4 nitrogen and oxygen atoms in total. The van der Waals surface area contributed by atoms with Crippen LogP contribution in [0.5, 0.6) is 5.75 Å². The number of amides is 2. The molecule has 1 unspecified atom stereocenters. The van der Waals surface area contributed by atoms with Gasteiger partial charge in [0.2, 0.25) is 0 Å². The monoisotopic (exact) mass is 358 g/mol. The summed E-state index contributed by atoms with van der Waals surface area (Å²) in [5.74, 6) is 0.787. The molecule has 5 heteroatoms. The van der Waals surface area contributed by atoms with Crippen LogP contribution in [0.1, 0.15) is 36.6 Å². The highest BCUT2D eigenvalue weighted by Crippen LogP contribution is 2.26. The molecule has 2 amide bonds. The first-order valence-corrected chi connectivity index (χ1v) is 8.60. The molecule has 0 radical (unpaired) electrons. The van der Waals surface area contributed by atoms with Crippen molar-refractivity contribution >= 4 is 23.7 Å². The minimum Gasteiger partial charge on any atom is -0.494 e. The fourth-order valence-electron chi connectivity index (χ4n) is 2.43. The maximum Gasteiger partial charge on any atom is 0.319 e. The highest BCUT2D eigenvalue weighted by atomic mass is 35.5. The van der Waals surface area contributed by atoms with Gasteiger partial charge in [-0.3, -0.25) is 0 Å². The molecule has 2 rings (SSSR count). The molecule has 0 aliphatic rings. The number of aryl methyl sites for hydroxylation is 1. The van der Waals surface area contributed by atoms with Crippen LogP contribution in [-0.4, -0.2) is 12.6 Å². The van der Waals surface area contributed by atoms with E-state index in [1.807, 2.05) is 57.2 Å². The van der Waals surface area contributed by atoms with Crippen molar-refractivity contribution in [2.75, 3.05) is 6.61 Å². The normalized spacial score (nSPS) is 12.0. The van der Waals surface area contributed by atoms with Crippen LogP contribution in [0.2, 0.25) is 5.02 Å². The zero-order valence-corrected chi connectivity index (χ0v) is 15.4. The summed E-state index contributed by atoms with van der Waals surface area (Å²) in [6.07, 6.45) is 3.38. The van der Waals surface area contributed by atoms with E-state index in [0.29, 0.717) is 11.6 Å². The molecular weight excluding hydrogens is 336 g/mol. The Labute approximate surface area is 153 Å². The second kappa shape index (κ2) is 9.14. The van der Waals surface area contributed by atoms with Crippen LogP contribution in [0.4, 0.5) is 4.79 Å². The van der Waals surface area contributed by atoms with Gasteiger partial charge >= 0.3 is 6.03 Å². The van der Waals surface area contributed by atoms with Crippen molar-refractivity contribution in [3.63, 3.8) is 0 Å². The molecule has 0 saturated heterocycles. The summed E-state index contributed by atoms with van der Waals surface area (Å²) in [6.45, 7) is 6.46. The Bertz CT molecular complexity index is 759. The van der Waals surface area contributed by atoms with Gasteiger partial charge in [0.25, 0.3) is 0 Å². The van der Waals surface area contributed by atoms with E-state index in [1.165, 1.54) is 0 Å². The molecule has 25 heavy (non-hydrogen) atoms. The molecular formula is C20H23ClN2O2. The third-order valence-corrected chi connectivity index (χ3v) is 3.85. The smallest absolute Gasteiger partial charge is 0.319 e. The van der Waals surface area contributed by atoms with Crippen LogP contribution < -0.4 is 15.4 Å². The van der Waals surface area contributed by atoms with Crippen LogP contribution in [0, 0.1) is 6.92 Å². The fraction of sp³-hybridized carbons (Fsp3) is 0.250. The zero-order valence-electron chi connectivity index (χ0n) is 14.7. The van der Waals surface area contributed by atoms with E-state index in [9.17, 15) is 4.79 Å². The van der Waals surface area contributed by atoms with Crippen molar-refractivity contribution in [2.45, 2.75) is 26.8 Å². The Hall–Kier alpha value is -2.46. The Morgan fingerprint density at radius 3 is 2.80 bits per heavy atom. The van der Waals surface area contributed by atoms with Crippen LogP contribution >= 0.6 is 11.6 Å². The van der Waals surface area contributed by atoms with Gasteiger partial charge in [-0.05, 0) is 50.6 Å². The lowest BCUT2D eigenvalue weighted by atomic mass is 10.0. The van der Waals surface area contributed by atoms with Crippen molar-refractivity contribution in [1.82, 2.24) is 10.6 Å². The van der Waals surface area contributed by atoms with Gasteiger partial charge in [0.15, 0.2) is 0 Å². The summed E-state index contributed by atoms with van der Waals surface area (Å²) in [4.78, 5) is 12.1. The van der Waals surface area contributed by atoms with E-state index >= 15 is 0 Å². The predicted octanol–water partition coefficient (Wildman–Crippen LogP) is 5.08. The Balaban J connectivity index is 1.97. The number of ether oxygens (including phenoxy) is 1. The lowest BCUT2D eigenvalue weighted by Crippen LogP contribution is -2.34. The first-order chi connectivity index (χ1) is 12.0. The number of carbonyl (C=O) groups is 1. The zero-order chi connectivity index (χ0) is 18.2. The highest BCUT2D eigenvalue weighted by molar-refractivity contribution is 6.30. The molecule has 2 N–H and O–H groups in total. The molecule has 0 saturated carbocycles. The minimum atomic E-state index is -0.283. The van der Waals surface area contributed by atoms with Crippen molar-refractivity contribution in [3.8, 4) is 5.75 Å². The number of rotatable bonds is 6. The van der Waals surface area contributed by atoms with E-state index in [-0.39, 0.29) is 12.1 Å². The molecule has 0 spiro atoms. The summed E-state index contributed by atoms with van der Waals surface area (Å²) in [5.41, 5.74) is 2.99. The Morgan fingerprint density at radius 1 is 1.28 bits per heavy atom. The number of benzene rings is 2. The van der Waals surface area contributed by atoms with Gasteiger partial charge in [-0.25, -0.2) is 4.79 Å². The topological polar surface area (TPSA) is 50.4 Å². The first kappa shape index (κ1) is 18.9. The van der Waals surface area contributed by atoms with Gasteiger partial charge in [0.1, 0.15) is 5.75 Å². The van der Waals surface area contributed by atoms with Crippen LogP contribution in [0.15, 0.2) is 48.7 Å². The largest absolute Gasteiger partial charge is 0.494 e. The number of hydrogen-bond acceptors (Lipinski definition) is 2. The second-order valence-corrected chi connectivity index (χ2v) is 6.14. The SMILES string of the molecule is CCOc1ccc(C)cc1C(C)NC(=O)N/C=C/c1cccc(Cl)c1. The molecule has 132 valence electrons. The van der Waals surface area contributed by atoms with Crippen LogP contribution in [0.25, 0.3) is 6.08 Å². The van der Waals surface area contributed by atoms with Crippen molar-refractivity contribution < 1.29 is 9.53 Å². The van der Waals surface area contributed by atoms with Crippen LogP contribution in [-0.2, 0) is 0 Å². The van der Waals surface area contributed by atoms with E-state index in [4.69, 9.17) is 16.3 Å². The number of halogens is 1. The summed E-state index contributed by atoms with van der Waals surface area (Å²) < 4.78 is 5.65. The molecule has 0 heterocycles. The summed E-state index contributed by atoms with van der Waals surface area (Å²) in [6, 6.07) is 12.9. The van der Waals surface area contributed by atoms with Gasteiger partial charge in [-0.15, -0.1) is 0 Å². The van der Waals surface area contributed by atoms with Gasteiger partial charge in [0.05, 0.1) is 12.6 Å². The number of carbonyl (C=O) groups excluding carboxylic acids is 1. The average molecular weight is 359 g/mol. The first-order valence-electron chi connectivity index (χ1n) is 8.22. The minimum absolute atomic E-state index is 0.180. The van der Waals surface area contributed by atoms with Gasteiger partial charge in [0, 0.05) is 16.8 Å². The lowest BCUT2D eigenvalue weighted by molar-refractivity contribution is 0.241. The molecule has 0 aliphatic heterocycles. The molecule has 0 bridgehead atoms. The van der Waals surface area contributed by atoms with Crippen molar-refractivity contribution in [1.29, 1.82) is 0 Å². The summed E-state index contributed by atoms with van der Waals surface area (Å²) in [7, 11) is 0. The molecule has 2 aromatic rings. The summed E-state index contributed by atoms with van der Waals surface area (Å²) >= 11 is 5.93. The fourth-order valence-corrected chi connectivity index (χ4v) is 2.63. The quantitative estimate of drug-likeness (QED) is 0.756. The molecule has 0 fully saturated rings. The highest BCUT2D eigenvalue weighted by Gasteiger charge is 2.14. The average Bonchev–Trinajstić information content (AvgIpc) is 2.56. The standard InChI is InChI=1S/C20H23ClN2O2/c1-4-25-19-9-8-14(2)12-18(19)15(3)23-20(24)22-11-10-16-6-5-7-17(21)13-16/h5-13,15H,4H2,1-3H3,(H2,22,23,24)/b11-10+. The number of urea groups is 1. The van der Waals surface area contributed by atoms with Crippen molar-refractivity contribution in [2.24, 2.45) is 0 Å². The predicted molar refractivity (Wildman–Crippen MR) is 103 cm³/mol. The lowest BCUT2D eigenvalue weighted by Gasteiger charge is -2.18. The second-order valence-electron chi connectivity index (χ2n) is 5.70. The van der Waals surface area contributed by atoms with E-state index < -0.39 is 0 Å². The Kier molecular flexibility index (Phi) is 6.90. The molecule has 2 aromatic carbocycles. The molecule has 1 atom stereocenters. The summed E-state index contributed by atoms with van der Waals surface area (Å²) in [5, 5.41) is 6.27. The third-order valence-electron chi connectivity index (χ3n) is 3.62. The van der Waals surface area contributed by atoms with Gasteiger partial charge in [-0.1, -0.05) is 41.4 Å². The number of nitrogens with one attached hydrogen (secondary N) is 2. The van der Waals surface area contributed by atoms with Gasteiger partial charge in [-0.2, -0.15) is 0 Å². The maximum atomic E-state index is 12.1.